The molecular weight excluding hydrogens is 412 g/mol. The number of carbonyl (C=O) groups is 1. The van der Waals surface area contributed by atoms with Gasteiger partial charge in [0.2, 0.25) is 5.91 Å². The normalized spacial score (nSPS) is 11.7. The summed E-state index contributed by atoms with van der Waals surface area (Å²) >= 11 is 1.35. The highest BCUT2D eigenvalue weighted by atomic mass is 32.2. The first-order valence-corrected chi connectivity index (χ1v) is 11.3. The summed E-state index contributed by atoms with van der Waals surface area (Å²) in [6.07, 6.45) is 0.731. The number of rotatable bonds is 10. The molecule has 0 unspecified atom stereocenters. The average molecular weight is 441 g/mol. The smallest absolute Gasteiger partial charge is 0.234 e. The molecule has 0 aliphatic carbocycles. The van der Waals surface area contributed by atoms with Gasteiger partial charge in [-0.25, -0.2) is 0 Å². The Hall–Kier alpha value is -3.00. The summed E-state index contributed by atoms with van der Waals surface area (Å²) in [7, 11) is 1.61. The minimum absolute atomic E-state index is 0.109. The number of aryl methyl sites for hydroxylation is 1. The Balaban J connectivity index is 1.59. The van der Waals surface area contributed by atoms with Crippen molar-refractivity contribution < 1.29 is 14.3 Å². The van der Waals surface area contributed by atoms with Gasteiger partial charge in [-0.15, -0.1) is 10.2 Å². The first kappa shape index (κ1) is 22.7. The first-order chi connectivity index (χ1) is 15.0. The summed E-state index contributed by atoms with van der Waals surface area (Å²) < 4.78 is 13.2. The minimum Gasteiger partial charge on any atom is -0.497 e. The molecule has 2 aromatic carbocycles. The Morgan fingerprint density at radius 2 is 1.74 bits per heavy atom. The van der Waals surface area contributed by atoms with E-state index >= 15 is 0 Å². The molecular formula is C23H28N4O3S. The van der Waals surface area contributed by atoms with Crippen molar-refractivity contribution in [3.05, 3.63) is 59.9 Å². The molecule has 0 saturated heterocycles. The van der Waals surface area contributed by atoms with Gasteiger partial charge in [0.1, 0.15) is 11.5 Å². The molecule has 0 aliphatic heterocycles. The number of hydrogen-bond acceptors (Lipinski definition) is 6. The maximum Gasteiger partial charge on any atom is 0.234 e. The average Bonchev–Trinajstić information content (AvgIpc) is 3.22. The zero-order chi connectivity index (χ0) is 22.2. The van der Waals surface area contributed by atoms with Crippen molar-refractivity contribution in [1.29, 1.82) is 0 Å². The quantitative estimate of drug-likeness (QED) is 0.459. The summed E-state index contributed by atoms with van der Waals surface area (Å²) in [4.78, 5) is 12.3. The Bertz CT molecular complexity index is 987. The van der Waals surface area contributed by atoms with E-state index in [-0.39, 0.29) is 17.8 Å². The van der Waals surface area contributed by atoms with E-state index in [0.29, 0.717) is 11.7 Å². The van der Waals surface area contributed by atoms with Crippen LogP contribution in [-0.2, 0) is 17.8 Å². The number of ether oxygens (including phenoxy) is 2. The van der Waals surface area contributed by atoms with Crippen LogP contribution in [-0.4, -0.2) is 33.5 Å². The monoisotopic (exact) mass is 440 g/mol. The van der Waals surface area contributed by atoms with Crippen molar-refractivity contribution in [1.82, 2.24) is 14.8 Å². The molecule has 1 aromatic heterocycles. The topological polar surface area (TPSA) is 78.3 Å². The standard InChI is InChI=1S/C23H28N4O3S/c1-5-17-7-11-20(12-8-17)30-16(3)22-25-26-23(27(22)6-2)31-15-21(28)24-18-9-13-19(29-4)14-10-18/h7-14,16H,5-6,15H2,1-4H3,(H,24,28)/t16-/m1/s1. The largest absolute Gasteiger partial charge is 0.497 e. The molecule has 8 heteroatoms. The van der Waals surface area contributed by atoms with Gasteiger partial charge >= 0.3 is 0 Å². The van der Waals surface area contributed by atoms with Gasteiger partial charge in [-0.2, -0.15) is 0 Å². The molecule has 1 N–H and O–H groups in total. The number of nitrogens with one attached hydrogen (secondary N) is 1. The lowest BCUT2D eigenvalue weighted by Crippen LogP contribution is -2.15. The van der Waals surface area contributed by atoms with Gasteiger partial charge < -0.3 is 19.4 Å². The van der Waals surface area contributed by atoms with Crippen LogP contribution < -0.4 is 14.8 Å². The molecule has 0 radical (unpaired) electrons. The van der Waals surface area contributed by atoms with Crippen molar-refractivity contribution in [2.24, 2.45) is 0 Å². The molecule has 7 nitrogen and oxygen atoms in total. The number of methoxy groups -OCH3 is 1. The van der Waals surface area contributed by atoms with Gasteiger partial charge in [-0.1, -0.05) is 30.8 Å². The summed E-state index contributed by atoms with van der Waals surface area (Å²) in [5.41, 5.74) is 1.99. The fourth-order valence-electron chi connectivity index (χ4n) is 3.07. The molecule has 1 atom stereocenters. The Labute approximate surface area is 187 Å². The van der Waals surface area contributed by atoms with Gasteiger partial charge in [0, 0.05) is 12.2 Å². The minimum atomic E-state index is -0.262. The number of anilines is 1. The maximum absolute atomic E-state index is 12.3. The van der Waals surface area contributed by atoms with Crippen LogP contribution in [0.4, 0.5) is 5.69 Å². The van der Waals surface area contributed by atoms with E-state index in [9.17, 15) is 4.79 Å². The summed E-state index contributed by atoms with van der Waals surface area (Å²) in [5.74, 6) is 2.40. The molecule has 0 bridgehead atoms. The lowest BCUT2D eigenvalue weighted by atomic mass is 10.2. The van der Waals surface area contributed by atoms with E-state index in [2.05, 4.69) is 34.6 Å². The van der Waals surface area contributed by atoms with Crippen LogP contribution in [0.1, 0.15) is 38.3 Å². The third-order valence-electron chi connectivity index (χ3n) is 4.78. The van der Waals surface area contributed by atoms with Crippen LogP contribution in [0.5, 0.6) is 11.5 Å². The summed E-state index contributed by atoms with van der Waals surface area (Å²) in [6, 6.07) is 15.3. The van der Waals surface area contributed by atoms with Crippen molar-refractivity contribution in [2.45, 2.75) is 45.0 Å². The highest BCUT2D eigenvalue weighted by molar-refractivity contribution is 7.99. The van der Waals surface area contributed by atoms with E-state index in [1.165, 1.54) is 17.3 Å². The van der Waals surface area contributed by atoms with Gasteiger partial charge in [0.25, 0.3) is 0 Å². The molecule has 31 heavy (non-hydrogen) atoms. The Morgan fingerprint density at radius 3 is 2.35 bits per heavy atom. The van der Waals surface area contributed by atoms with Gasteiger partial charge in [0.05, 0.1) is 12.9 Å². The number of hydrogen-bond donors (Lipinski definition) is 1. The van der Waals surface area contributed by atoms with Crippen LogP contribution in [0.3, 0.4) is 0 Å². The number of amides is 1. The van der Waals surface area contributed by atoms with E-state index in [4.69, 9.17) is 9.47 Å². The molecule has 0 spiro atoms. The van der Waals surface area contributed by atoms with E-state index in [0.717, 1.165) is 29.4 Å². The molecule has 3 rings (SSSR count). The molecule has 0 fully saturated rings. The second-order valence-electron chi connectivity index (χ2n) is 6.91. The predicted molar refractivity (Wildman–Crippen MR) is 123 cm³/mol. The zero-order valence-corrected chi connectivity index (χ0v) is 19.1. The lowest BCUT2D eigenvalue weighted by molar-refractivity contribution is -0.113. The van der Waals surface area contributed by atoms with Crippen LogP contribution >= 0.6 is 11.8 Å². The highest BCUT2D eigenvalue weighted by Crippen LogP contribution is 2.25. The number of nitrogens with zero attached hydrogens (tertiary/aromatic N) is 3. The van der Waals surface area contributed by atoms with Crippen LogP contribution in [0, 0.1) is 0 Å². The molecule has 164 valence electrons. The maximum atomic E-state index is 12.3. The highest BCUT2D eigenvalue weighted by Gasteiger charge is 2.19. The number of benzene rings is 2. The third-order valence-corrected chi connectivity index (χ3v) is 5.74. The Kier molecular flexibility index (Phi) is 7.94. The Morgan fingerprint density at radius 1 is 1.06 bits per heavy atom. The van der Waals surface area contributed by atoms with E-state index in [1.807, 2.05) is 30.5 Å². The van der Waals surface area contributed by atoms with Gasteiger partial charge in [-0.05, 0) is 62.2 Å². The lowest BCUT2D eigenvalue weighted by Gasteiger charge is -2.16. The van der Waals surface area contributed by atoms with Crippen molar-refractivity contribution in [3.8, 4) is 11.5 Å². The van der Waals surface area contributed by atoms with E-state index in [1.54, 1.807) is 31.4 Å². The van der Waals surface area contributed by atoms with Gasteiger partial charge in [0.15, 0.2) is 17.1 Å². The summed E-state index contributed by atoms with van der Waals surface area (Å²) in [6.45, 7) is 6.79. The summed E-state index contributed by atoms with van der Waals surface area (Å²) in [5, 5.41) is 12.2. The van der Waals surface area contributed by atoms with Crippen molar-refractivity contribution in [3.63, 3.8) is 0 Å². The van der Waals surface area contributed by atoms with Crippen molar-refractivity contribution >= 4 is 23.4 Å². The van der Waals surface area contributed by atoms with Crippen LogP contribution in [0.15, 0.2) is 53.7 Å². The number of thioether (sulfide) groups is 1. The third kappa shape index (κ3) is 6.01. The number of aromatic nitrogens is 3. The fourth-order valence-corrected chi connectivity index (χ4v) is 3.88. The van der Waals surface area contributed by atoms with Gasteiger partial charge in [-0.3, -0.25) is 4.79 Å². The van der Waals surface area contributed by atoms with Crippen LogP contribution in [0.2, 0.25) is 0 Å². The van der Waals surface area contributed by atoms with E-state index < -0.39 is 0 Å². The zero-order valence-electron chi connectivity index (χ0n) is 18.3. The van der Waals surface area contributed by atoms with Crippen LogP contribution in [0.25, 0.3) is 0 Å². The second kappa shape index (κ2) is 10.9. The molecule has 1 heterocycles. The molecule has 3 aromatic rings. The SMILES string of the molecule is CCc1ccc(O[C@H](C)c2nnc(SCC(=O)Nc3ccc(OC)cc3)n2CC)cc1. The molecule has 0 saturated carbocycles. The number of carbonyl (C=O) groups excluding carboxylic acids is 1. The fraction of sp³-hybridized carbons (Fsp3) is 0.348. The second-order valence-corrected chi connectivity index (χ2v) is 7.85. The predicted octanol–water partition coefficient (Wildman–Crippen LogP) is 4.74. The first-order valence-electron chi connectivity index (χ1n) is 10.3. The molecule has 0 aliphatic rings. The van der Waals surface area contributed by atoms with Crippen molar-refractivity contribution in [2.75, 3.05) is 18.2 Å². The molecule has 1 amide bonds.